The van der Waals surface area contributed by atoms with Gasteiger partial charge in [0.05, 0.1) is 18.1 Å². The maximum absolute atomic E-state index is 12.2. The molecule has 0 aliphatic heterocycles. The van der Waals surface area contributed by atoms with Gasteiger partial charge in [-0.25, -0.2) is 13.6 Å². The molecule has 0 radical (unpaired) electrons. The zero-order valence-electron chi connectivity index (χ0n) is 12.3. The van der Waals surface area contributed by atoms with Gasteiger partial charge < -0.3 is 14.4 Å². The van der Waals surface area contributed by atoms with Crippen molar-refractivity contribution in [1.82, 2.24) is 4.90 Å². The second kappa shape index (κ2) is 7.51. The lowest BCUT2D eigenvalue weighted by atomic mass is 10.1. The van der Waals surface area contributed by atoms with Crippen LogP contribution in [0.2, 0.25) is 0 Å². The van der Waals surface area contributed by atoms with Gasteiger partial charge in [0, 0.05) is 33.4 Å². The molecule has 21 heavy (non-hydrogen) atoms. The number of primary sulfonamides is 1. The molecule has 0 aliphatic carbocycles. The van der Waals surface area contributed by atoms with Crippen LogP contribution in [-0.4, -0.2) is 53.6 Å². The first-order chi connectivity index (χ1) is 9.81. The number of methoxy groups -OCH3 is 2. The average Bonchev–Trinajstić information content (AvgIpc) is 2.43. The lowest BCUT2D eigenvalue weighted by Gasteiger charge is -2.17. The van der Waals surface area contributed by atoms with E-state index < -0.39 is 10.0 Å². The smallest absolute Gasteiger partial charge is 0.253 e. The van der Waals surface area contributed by atoms with Gasteiger partial charge in [-0.15, -0.1) is 0 Å². The molecule has 0 bridgehead atoms. The monoisotopic (exact) mass is 316 g/mol. The van der Waals surface area contributed by atoms with Crippen LogP contribution in [-0.2, 0) is 26.1 Å². The third-order valence-electron chi connectivity index (χ3n) is 2.90. The van der Waals surface area contributed by atoms with Crippen molar-refractivity contribution in [2.45, 2.75) is 11.5 Å². The molecule has 0 aliphatic rings. The highest BCUT2D eigenvalue weighted by atomic mass is 32.2. The van der Waals surface area contributed by atoms with Gasteiger partial charge in [-0.3, -0.25) is 4.79 Å². The number of nitrogens with zero attached hydrogens (tertiary/aromatic N) is 1. The number of amides is 1. The number of sulfonamides is 1. The van der Waals surface area contributed by atoms with E-state index in [2.05, 4.69) is 0 Å². The molecule has 1 amide bonds. The minimum Gasteiger partial charge on any atom is -0.383 e. The van der Waals surface area contributed by atoms with Gasteiger partial charge in [0.2, 0.25) is 10.0 Å². The molecule has 8 heteroatoms. The Bertz CT molecular complexity index is 601. The van der Waals surface area contributed by atoms with E-state index in [1.807, 2.05) is 0 Å². The average molecular weight is 316 g/mol. The van der Waals surface area contributed by atoms with Crippen molar-refractivity contribution in [3.63, 3.8) is 0 Å². The van der Waals surface area contributed by atoms with Crippen molar-refractivity contribution in [2.24, 2.45) is 5.14 Å². The second-order valence-electron chi connectivity index (χ2n) is 4.52. The highest BCUT2D eigenvalue weighted by molar-refractivity contribution is 7.89. The fourth-order valence-electron chi connectivity index (χ4n) is 1.78. The van der Waals surface area contributed by atoms with Gasteiger partial charge in [0.1, 0.15) is 0 Å². The Morgan fingerprint density at radius 1 is 1.29 bits per heavy atom. The van der Waals surface area contributed by atoms with Crippen molar-refractivity contribution in [2.75, 3.05) is 34.4 Å². The standard InChI is InChI=1S/C13H20N2O5S/c1-15(6-7-19-2)13(16)10-4-5-11(9-20-3)12(8-10)21(14,17)18/h4-5,8H,6-7,9H2,1-3H3,(H2,14,17,18). The van der Waals surface area contributed by atoms with Crippen LogP contribution in [0.25, 0.3) is 0 Å². The number of rotatable bonds is 7. The van der Waals surface area contributed by atoms with Crippen molar-refractivity contribution < 1.29 is 22.7 Å². The van der Waals surface area contributed by atoms with E-state index in [0.717, 1.165) is 0 Å². The number of ether oxygens (including phenoxy) is 2. The number of benzene rings is 1. The van der Waals surface area contributed by atoms with Crippen LogP contribution in [0.15, 0.2) is 23.1 Å². The number of hydrogen-bond acceptors (Lipinski definition) is 5. The Kier molecular flexibility index (Phi) is 6.28. The summed E-state index contributed by atoms with van der Waals surface area (Å²) in [5.41, 5.74) is 0.661. The normalized spacial score (nSPS) is 11.4. The van der Waals surface area contributed by atoms with Gasteiger partial charge in [-0.05, 0) is 17.7 Å². The highest BCUT2D eigenvalue weighted by Crippen LogP contribution is 2.18. The van der Waals surface area contributed by atoms with E-state index in [-0.39, 0.29) is 23.0 Å². The van der Waals surface area contributed by atoms with Gasteiger partial charge in [0.25, 0.3) is 5.91 Å². The molecule has 0 atom stereocenters. The molecule has 0 fully saturated rings. The first-order valence-corrected chi connectivity index (χ1v) is 7.75. The summed E-state index contributed by atoms with van der Waals surface area (Å²) >= 11 is 0. The summed E-state index contributed by atoms with van der Waals surface area (Å²) in [5, 5.41) is 5.18. The Hall–Kier alpha value is -1.48. The summed E-state index contributed by atoms with van der Waals surface area (Å²) in [6, 6.07) is 4.35. The van der Waals surface area contributed by atoms with Crippen LogP contribution in [0.5, 0.6) is 0 Å². The van der Waals surface area contributed by atoms with E-state index in [9.17, 15) is 13.2 Å². The number of hydrogen-bond donors (Lipinski definition) is 1. The van der Waals surface area contributed by atoms with Crippen molar-refractivity contribution >= 4 is 15.9 Å². The summed E-state index contributed by atoms with van der Waals surface area (Å²) in [5.74, 6) is -0.305. The highest BCUT2D eigenvalue weighted by Gasteiger charge is 2.19. The number of carbonyl (C=O) groups excluding carboxylic acids is 1. The van der Waals surface area contributed by atoms with Crippen LogP contribution in [0.3, 0.4) is 0 Å². The van der Waals surface area contributed by atoms with E-state index >= 15 is 0 Å². The van der Waals surface area contributed by atoms with Gasteiger partial charge in [0.15, 0.2) is 0 Å². The van der Waals surface area contributed by atoms with E-state index in [1.54, 1.807) is 13.1 Å². The zero-order valence-corrected chi connectivity index (χ0v) is 13.1. The number of nitrogens with two attached hydrogens (primary N) is 1. The quantitative estimate of drug-likeness (QED) is 0.774. The van der Waals surface area contributed by atoms with Crippen LogP contribution < -0.4 is 5.14 Å². The maximum Gasteiger partial charge on any atom is 0.253 e. The summed E-state index contributed by atoms with van der Waals surface area (Å²) in [7, 11) is 0.670. The summed E-state index contributed by atoms with van der Waals surface area (Å²) in [6.45, 7) is 0.894. The Labute approximate surface area is 124 Å². The van der Waals surface area contributed by atoms with Gasteiger partial charge >= 0.3 is 0 Å². The minimum absolute atomic E-state index is 0.0970. The molecule has 0 unspecified atom stereocenters. The minimum atomic E-state index is -3.93. The fourth-order valence-corrected chi connectivity index (χ4v) is 2.56. The molecular formula is C13H20N2O5S. The SMILES string of the molecule is COCCN(C)C(=O)c1ccc(COC)c(S(N)(=O)=O)c1. The molecule has 1 aromatic rings. The summed E-state index contributed by atoms with van der Waals surface area (Å²) in [6.07, 6.45) is 0. The number of likely N-dealkylation sites (N-methyl/N-ethyl adjacent to an activating group) is 1. The van der Waals surface area contributed by atoms with E-state index in [0.29, 0.717) is 18.7 Å². The topological polar surface area (TPSA) is 98.9 Å². The lowest BCUT2D eigenvalue weighted by molar-refractivity contribution is 0.0744. The molecule has 118 valence electrons. The van der Waals surface area contributed by atoms with E-state index in [1.165, 1.54) is 31.3 Å². The third kappa shape index (κ3) is 4.78. The Balaban J connectivity index is 3.13. The third-order valence-corrected chi connectivity index (χ3v) is 3.89. The predicted octanol–water partition coefficient (Wildman–Crippen LogP) is 0.199. The zero-order chi connectivity index (χ0) is 16.0. The molecule has 0 saturated carbocycles. The van der Waals surface area contributed by atoms with Crippen LogP contribution in [0.4, 0.5) is 0 Å². The Morgan fingerprint density at radius 2 is 1.95 bits per heavy atom. The van der Waals surface area contributed by atoms with Gasteiger partial charge in [-0.1, -0.05) is 6.07 Å². The Morgan fingerprint density at radius 3 is 2.48 bits per heavy atom. The van der Waals surface area contributed by atoms with Crippen LogP contribution >= 0.6 is 0 Å². The van der Waals surface area contributed by atoms with Gasteiger partial charge in [-0.2, -0.15) is 0 Å². The molecule has 0 aromatic heterocycles. The molecule has 0 heterocycles. The number of carbonyl (C=O) groups is 1. The molecule has 0 saturated heterocycles. The summed E-state index contributed by atoms with van der Waals surface area (Å²) < 4.78 is 33.1. The van der Waals surface area contributed by atoms with Crippen LogP contribution in [0, 0.1) is 0 Å². The fraction of sp³-hybridized carbons (Fsp3) is 0.462. The van der Waals surface area contributed by atoms with Crippen molar-refractivity contribution in [3.05, 3.63) is 29.3 Å². The molecule has 2 N–H and O–H groups in total. The molecule has 1 rings (SSSR count). The largest absolute Gasteiger partial charge is 0.383 e. The summed E-state index contributed by atoms with van der Waals surface area (Å²) in [4.78, 5) is 13.5. The van der Waals surface area contributed by atoms with Crippen molar-refractivity contribution in [1.29, 1.82) is 0 Å². The van der Waals surface area contributed by atoms with Crippen LogP contribution in [0.1, 0.15) is 15.9 Å². The predicted molar refractivity (Wildman–Crippen MR) is 77.4 cm³/mol. The molecule has 1 aromatic carbocycles. The molecule has 7 nitrogen and oxygen atoms in total. The van der Waals surface area contributed by atoms with E-state index in [4.69, 9.17) is 14.6 Å². The first kappa shape index (κ1) is 17.6. The molecule has 0 spiro atoms. The lowest BCUT2D eigenvalue weighted by Crippen LogP contribution is -2.30. The van der Waals surface area contributed by atoms with Crippen molar-refractivity contribution in [3.8, 4) is 0 Å². The first-order valence-electron chi connectivity index (χ1n) is 6.20. The molecular weight excluding hydrogens is 296 g/mol. The second-order valence-corrected chi connectivity index (χ2v) is 6.05. The maximum atomic E-state index is 12.2.